The topological polar surface area (TPSA) is 42.1 Å². The third kappa shape index (κ3) is 4.27. The van der Waals surface area contributed by atoms with E-state index >= 15 is 0 Å². The Morgan fingerprint density at radius 2 is 2.10 bits per heavy atom. The van der Waals surface area contributed by atoms with Gasteiger partial charge in [-0.3, -0.25) is 9.88 Å². The summed E-state index contributed by atoms with van der Waals surface area (Å²) in [5.74, 6) is 0. The average Bonchev–Trinajstić information content (AvgIpc) is 2.48. The average molecular weight is 304 g/mol. The number of benzene rings is 1. The minimum atomic E-state index is 0.0679. The monoisotopic (exact) mass is 303 g/mol. The van der Waals surface area contributed by atoms with Gasteiger partial charge in [0.15, 0.2) is 0 Å². The molecule has 0 spiro atoms. The van der Waals surface area contributed by atoms with E-state index in [1.807, 2.05) is 30.5 Å². The van der Waals surface area contributed by atoms with Crippen molar-refractivity contribution in [3.8, 4) is 0 Å². The zero-order valence-electron chi connectivity index (χ0n) is 12.5. The van der Waals surface area contributed by atoms with E-state index in [0.717, 1.165) is 23.6 Å². The molecule has 0 saturated carbocycles. The molecule has 1 heterocycles. The summed E-state index contributed by atoms with van der Waals surface area (Å²) in [6.45, 7) is 2.91. The van der Waals surface area contributed by atoms with Crippen LogP contribution in [0.3, 0.4) is 0 Å². The standard InChI is InChI=1S/C17H22ClN3/c1-3-16(19)17(14-7-5-9-20-11-14)21(2)12-13-6-4-8-15(18)10-13/h4-11,16-17H,3,12,19H2,1-2H3. The molecule has 21 heavy (non-hydrogen) atoms. The number of halogens is 1. The van der Waals surface area contributed by atoms with Crippen molar-refractivity contribution >= 4 is 11.6 Å². The molecule has 2 unspecified atom stereocenters. The summed E-state index contributed by atoms with van der Waals surface area (Å²) in [6, 6.07) is 12.2. The maximum absolute atomic E-state index is 6.34. The number of aromatic nitrogens is 1. The Balaban J connectivity index is 2.20. The summed E-state index contributed by atoms with van der Waals surface area (Å²) in [7, 11) is 2.09. The number of hydrogen-bond donors (Lipinski definition) is 1. The third-order valence-corrected chi connectivity index (χ3v) is 3.93. The van der Waals surface area contributed by atoms with Crippen molar-refractivity contribution in [2.75, 3.05) is 7.05 Å². The van der Waals surface area contributed by atoms with Gasteiger partial charge in [0.2, 0.25) is 0 Å². The SMILES string of the molecule is CCC(N)C(c1cccnc1)N(C)Cc1cccc(Cl)c1. The zero-order chi connectivity index (χ0) is 15.2. The Morgan fingerprint density at radius 1 is 1.29 bits per heavy atom. The van der Waals surface area contributed by atoms with Gasteiger partial charge >= 0.3 is 0 Å². The lowest BCUT2D eigenvalue weighted by Crippen LogP contribution is -2.38. The summed E-state index contributed by atoms with van der Waals surface area (Å²) in [5.41, 5.74) is 8.67. The molecule has 2 N–H and O–H groups in total. The second kappa shape index (κ2) is 7.55. The highest BCUT2D eigenvalue weighted by Gasteiger charge is 2.23. The quantitative estimate of drug-likeness (QED) is 0.886. The van der Waals surface area contributed by atoms with Crippen molar-refractivity contribution < 1.29 is 0 Å². The molecule has 0 fully saturated rings. The van der Waals surface area contributed by atoms with Crippen LogP contribution in [0.5, 0.6) is 0 Å². The van der Waals surface area contributed by atoms with E-state index in [9.17, 15) is 0 Å². The Kier molecular flexibility index (Phi) is 5.74. The number of hydrogen-bond acceptors (Lipinski definition) is 3. The molecular weight excluding hydrogens is 282 g/mol. The normalized spacial score (nSPS) is 14.1. The Morgan fingerprint density at radius 3 is 2.71 bits per heavy atom. The van der Waals surface area contributed by atoms with Crippen LogP contribution in [0.1, 0.15) is 30.5 Å². The molecule has 0 aliphatic rings. The van der Waals surface area contributed by atoms with Gasteiger partial charge < -0.3 is 5.73 Å². The molecule has 0 saturated heterocycles. The van der Waals surface area contributed by atoms with E-state index in [1.54, 1.807) is 6.20 Å². The van der Waals surface area contributed by atoms with Crippen LogP contribution in [-0.4, -0.2) is 23.0 Å². The van der Waals surface area contributed by atoms with E-state index in [1.165, 1.54) is 5.56 Å². The highest BCUT2D eigenvalue weighted by Crippen LogP contribution is 2.25. The van der Waals surface area contributed by atoms with Crippen LogP contribution in [0.4, 0.5) is 0 Å². The van der Waals surface area contributed by atoms with Crippen molar-refractivity contribution in [1.82, 2.24) is 9.88 Å². The molecule has 2 aromatic rings. The van der Waals surface area contributed by atoms with Crippen LogP contribution in [0.2, 0.25) is 5.02 Å². The predicted octanol–water partition coefficient (Wildman–Crippen LogP) is 3.65. The molecule has 0 bridgehead atoms. The van der Waals surface area contributed by atoms with Gasteiger partial charge in [-0.15, -0.1) is 0 Å². The second-order valence-corrected chi connectivity index (χ2v) is 5.78. The molecule has 2 rings (SSSR count). The van der Waals surface area contributed by atoms with Crippen molar-refractivity contribution in [2.24, 2.45) is 5.73 Å². The molecule has 4 heteroatoms. The Labute approximate surface area is 131 Å². The number of pyridine rings is 1. The molecule has 0 aliphatic heterocycles. The maximum atomic E-state index is 6.34. The molecule has 2 atom stereocenters. The van der Waals surface area contributed by atoms with Crippen molar-refractivity contribution in [2.45, 2.75) is 32.0 Å². The van der Waals surface area contributed by atoms with Crippen molar-refractivity contribution in [3.05, 3.63) is 64.9 Å². The molecule has 1 aromatic carbocycles. The number of nitrogens with two attached hydrogens (primary N) is 1. The van der Waals surface area contributed by atoms with E-state index in [4.69, 9.17) is 17.3 Å². The van der Waals surface area contributed by atoms with Crippen LogP contribution in [0.25, 0.3) is 0 Å². The summed E-state index contributed by atoms with van der Waals surface area (Å²) in [5, 5.41) is 0.763. The molecule has 112 valence electrons. The Hall–Kier alpha value is -1.42. The van der Waals surface area contributed by atoms with Gasteiger partial charge in [0.1, 0.15) is 0 Å². The minimum Gasteiger partial charge on any atom is -0.326 e. The molecule has 0 radical (unpaired) electrons. The highest BCUT2D eigenvalue weighted by atomic mass is 35.5. The van der Waals surface area contributed by atoms with Gasteiger partial charge in [0.25, 0.3) is 0 Å². The fourth-order valence-corrected chi connectivity index (χ4v) is 2.84. The summed E-state index contributed by atoms with van der Waals surface area (Å²) in [6.07, 6.45) is 4.60. The first-order chi connectivity index (χ1) is 10.1. The lowest BCUT2D eigenvalue weighted by atomic mass is 9.97. The number of nitrogens with zero attached hydrogens (tertiary/aromatic N) is 2. The smallest absolute Gasteiger partial charge is 0.0514 e. The third-order valence-electron chi connectivity index (χ3n) is 3.70. The van der Waals surface area contributed by atoms with Gasteiger partial charge in [-0.25, -0.2) is 0 Å². The van der Waals surface area contributed by atoms with E-state index in [0.29, 0.717) is 0 Å². The van der Waals surface area contributed by atoms with Crippen LogP contribution in [0, 0.1) is 0 Å². The van der Waals surface area contributed by atoms with Gasteiger partial charge in [0.05, 0.1) is 6.04 Å². The fourth-order valence-electron chi connectivity index (χ4n) is 2.62. The first kappa shape index (κ1) is 16.0. The maximum Gasteiger partial charge on any atom is 0.0514 e. The van der Waals surface area contributed by atoms with E-state index < -0.39 is 0 Å². The summed E-state index contributed by atoms with van der Waals surface area (Å²) >= 11 is 6.06. The second-order valence-electron chi connectivity index (χ2n) is 5.35. The molecule has 0 aliphatic carbocycles. The molecule has 0 amide bonds. The van der Waals surface area contributed by atoms with Crippen LogP contribution >= 0.6 is 11.6 Å². The summed E-state index contributed by atoms with van der Waals surface area (Å²) in [4.78, 5) is 6.48. The minimum absolute atomic E-state index is 0.0679. The Bertz CT molecular complexity index is 559. The lowest BCUT2D eigenvalue weighted by molar-refractivity contribution is 0.201. The van der Waals surface area contributed by atoms with Gasteiger partial charge in [-0.05, 0) is 42.8 Å². The molecule has 1 aromatic heterocycles. The van der Waals surface area contributed by atoms with Gasteiger partial charge in [-0.2, -0.15) is 0 Å². The largest absolute Gasteiger partial charge is 0.326 e. The van der Waals surface area contributed by atoms with Gasteiger partial charge in [0, 0.05) is 30.0 Å². The van der Waals surface area contributed by atoms with E-state index in [-0.39, 0.29) is 12.1 Å². The number of rotatable bonds is 6. The molecule has 3 nitrogen and oxygen atoms in total. The zero-order valence-corrected chi connectivity index (χ0v) is 13.3. The first-order valence-corrected chi connectivity index (χ1v) is 7.59. The highest BCUT2D eigenvalue weighted by molar-refractivity contribution is 6.30. The van der Waals surface area contributed by atoms with E-state index in [2.05, 4.69) is 36.0 Å². The van der Waals surface area contributed by atoms with Crippen LogP contribution in [0.15, 0.2) is 48.8 Å². The lowest BCUT2D eigenvalue weighted by Gasteiger charge is -2.32. The first-order valence-electron chi connectivity index (χ1n) is 7.22. The summed E-state index contributed by atoms with van der Waals surface area (Å²) < 4.78 is 0. The number of likely N-dealkylation sites (N-methyl/N-ethyl adjacent to an activating group) is 1. The molecular formula is C17H22ClN3. The van der Waals surface area contributed by atoms with Crippen LogP contribution < -0.4 is 5.73 Å². The fraction of sp³-hybridized carbons (Fsp3) is 0.353. The van der Waals surface area contributed by atoms with Crippen molar-refractivity contribution in [3.63, 3.8) is 0 Å². The van der Waals surface area contributed by atoms with Gasteiger partial charge in [-0.1, -0.05) is 36.7 Å². The van der Waals surface area contributed by atoms with Crippen molar-refractivity contribution in [1.29, 1.82) is 0 Å². The van der Waals surface area contributed by atoms with Crippen LogP contribution in [-0.2, 0) is 6.54 Å². The predicted molar refractivity (Wildman–Crippen MR) is 88.2 cm³/mol.